The minimum Gasteiger partial charge on any atom is -0.457 e. The number of hydrogen-bond donors (Lipinski definition) is 1. The van der Waals surface area contributed by atoms with E-state index in [0.717, 1.165) is 6.07 Å². The first-order valence-corrected chi connectivity index (χ1v) is 8.15. The summed E-state index contributed by atoms with van der Waals surface area (Å²) in [5.74, 6) is 1.27. The number of rotatable bonds is 4. The summed E-state index contributed by atoms with van der Waals surface area (Å²) in [4.78, 5) is 11.5. The van der Waals surface area contributed by atoms with Crippen LogP contribution >= 0.6 is 0 Å². The van der Waals surface area contributed by atoms with Gasteiger partial charge in [0.25, 0.3) is 5.78 Å². The number of nitrogens with zero attached hydrogens (tertiary/aromatic N) is 5. The second-order valence-corrected chi connectivity index (χ2v) is 5.86. The van der Waals surface area contributed by atoms with Crippen LogP contribution in [-0.4, -0.2) is 24.6 Å². The Morgan fingerprint density at radius 2 is 1.64 bits per heavy atom. The number of aryl methyl sites for hydroxylation is 1. The van der Waals surface area contributed by atoms with Gasteiger partial charge in [-0.05, 0) is 49.4 Å². The minimum absolute atomic E-state index is 0.132. The van der Waals surface area contributed by atoms with Gasteiger partial charge in [-0.25, -0.2) is 4.98 Å². The first-order valence-electron chi connectivity index (χ1n) is 8.15. The second-order valence-electron chi connectivity index (χ2n) is 5.86. The van der Waals surface area contributed by atoms with Crippen molar-refractivity contribution in [1.29, 1.82) is 0 Å². The molecule has 3 aromatic heterocycles. The standard InChI is InChI=1S/C18H13F3N6O/c1-11-10-15(18(19,20)21)24-17-25-16(26-27(11)17)23-12-2-4-13(5-3-12)28-14-6-8-22-9-7-14/h2-10H,1H3,(H,23,26). The number of alkyl halides is 3. The molecule has 1 aromatic carbocycles. The van der Waals surface area contributed by atoms with Crippen molar-refractivity contribution in [2.24, 2.45) is 0 Å². The van der Waals surface area contributed by atoms with Crippen LogP contribution in [0.4, 0.5) is 24.8 Å². The molecule has 28 heavy (non-hydrogen) atoms. The molecule has 0 bridgehead atoms. The lowest BCUT2D eigenvalue weighted by Gasteiger charge is -2.06. The molecule has 4 rings (SSSR count). The third-order valence-corrected chi connectivity index (χ3v) is 3.78. The first kappa shape index (κ1) is 17.7. The average Bonchev–Trinajstić information content (AvgIpc) is 3.07. The quantitative estimate of drug-likeness (QED) is 0.561. The predicted molar refractivity (Wildman–Crippen MR) is 94.6 cm³/mol. The van der Waals surface area contributed by atoms with E-state index in [1.807, 2.05) is 0 Å². The van der Waals surface area contributed by atoms with Gasteiger partial charge in [-0.1, -0.05) is 0 Å². The molecule has 10 heteroatoms. The van der Waals surface area contributed by atoms with Crippen LogP contribution in [0, 0.1) is 6.92 Å². The number of nitrogens with one attached hydrogen (secondary N) is 1. The van der Waals surface area contributed by atoms with E-state index in [-0.39, 0.29) is 17.4 Å². The van der Waals surface area contributed by atoms with Crippen LogP contribution < -0.4 is 10.1 Å². The predicted octanol–water partition coefficient (Wildman–Crippen LogP) is 4.38. The number of aromatic nitrogens is 5. The van der Waals surface area contributed by atoms with Gasteiger partial charge in [-0.15, -0.1) is 5.10 Å². The Bertz CT molecular complexity index is 1110. The van der Waals surface area contributed by atoms with E-state index in [2.05, 4.69) is 25.4 Å². The molecular formula is C18H13F3N6O. The van der Waals surface area contributed by atoms with E-state index in [0.29, 0.717) is 17.2 Å². The summed E-state index contributed by atoms with van der Waals surface area (Å²) >= 11 is 0. The Morgan fingerprint density at radius 3 is 2.32 bits per heavy atom. The molecule has 0 spiro atoms. The Kier molecular flexibility index (Phi) is 4.30. The van der Waals surface area contributed by atoms with Crippen LogP contribution in [-0.2, 0) is 6.18 Å². The molecule has 142 valence electrons. The van der Waals surface area contributed by atoms with Gasteiger partial charge >= 0.3 is 6.18 Å². The smallest absolute Gasteiger partial charge is 0.433 e. The van der Waals surface area contributed by atoms with E-state index in [1.54, 1.807) is 48.8 Å². The molecule has 0 amide bonds. The molecule has 0 fully saturated rings. The van der Waals surface area contributed by atoms with Crippen molar-refractivity contribution in [1.82, 2.24) is 24.6 Å². The largest absolute Gasteiger partial charge is 0.457 e. The van der Waals surface area contributed by atoms with Gasteiger partial charge in [0.2, 0.25) is 5.95 Å². The lowest BCUT2D eigenvalue weighted by Crippen LogP contribution is -2.11. The van der Waals surface area contributed by atoms with E-state index < -0.39 is 11.9 Å². The van der Waals surface area contributed by atoms with Crippen molar-refractivity contribution in [3.63, 3.8) is 0 Å². The molecule has 4 aromatic rings. The van der Waals surface area contributed by atoms with E-state index in [4.69, 9.17) is 4.74 Å². The molecule has 0 unspecified atom stereocenters. The zero-order valence-electron chi connectivity index (χ0n) is 14.5. The van der Waals surface area contributed by atoms with E-state index in [9.17, 15) is 13.2 Å². The minimum atomic E-state index is -4.54. The zero-order valence-corrected chi connectivity index (χ0v) is 14.5. The molecule has 0 aliphatic rings. The van der Waals surface area contributed by atoms with E-state index >= 15 is 0 Å². The van der Waals surface area contributed by atoms with Crippen molar-refractivity contribution < 1.29 is 17.9 Å². The van der Waals surface area contributed by atoms with Crippen molar-refractivity contribution >= 4 is 17.4 Å². The second kappa shape index (κ2) is 6.80. The highest BCUT2D eigenvalue weighted by Gasteiger charge is 2.33. The van der Waals surface area contributed by atoms with Crippen molar-refractivity contribution in [3.05, 3.63) is 66.2 Å². The summed E-state index contributed by atoms with van der Waals surface area (Å²) in [6.07, 6.45) is -1.29. The first-order chi connectivity index (χ1) is 13.4. The molecule has 0 saturated heterocycles. The highest BCUT2D eigenvalue weighted by atomic mass is 19.4. The van der Waals surface area contributed by atoms with Crippen molar-refractivity contribution in [3.8, 4) is 11.5 Å². The van der Waals surface area contributed by atoms with Gasteiger partial charge in [0.15, 0.2) is 0 Å². The maximum absolute atomic E-state index is 12.9. The zero-order chi connectivity index (χ0) is 19.7. The van der Waals surface area contributed by atoms with Crippen molar-refractivity contribution in [2.75, 3.05) is 5.32 Å². The Balaban J connectivity index is 1.54. The maximum Gasteiger partial charge on any atom is 0.433 e. The number of hydrogen-bond acceptors (Lipinski definition) is 6. The summed E-state index contributed by atoms with van der Waals surface area (Å²) in [6.45, 7) is 1.51. The fourth-order valence-electron chi connectivity index (χ4n) is 2.49. The van der Waals surface area contributed by atoms with Gasteiger partial charge in [-0.3, -0.25) is 4.98 Å². The number of benzene rings is 1. The fourth-order valence-corrected chi connectivity index (χ4v) is 2.49. The normalized spacial score (nSPS) is 11.6. The third-order valence-electron chi connectivity index (χ3n) is 3.78. The monoisotopic (exact) mass is 386 g/mol. The Labute approximate surface area is 156 Å². The van der Waals surface area contributed by atoms with Crippen LogP contribution in [0.1, 0.15) is 11.4 Å². The highest BCUT2D eigenvalue weighted by Crippen LogP contribution is 2.29. The molecule has 0 aliphatic heterocycles. The summed E-state index contributed by atoms with van der Waals surface area (Å²) in [5.41, 5.74) is -0.0836. The van der Waals surface area contributed by atoms with Crippen LogP contribution in [0.25, 0.3) is 5.78 Å². The molecular weight excluding hydrogens is 373 g/mol. The molecule has 7 nitrogen and oxygen atoms in total. The van der Waals surface area contributed by atoms with Gasteiger partial charge in [-0.2, -0.15) is 22.7 Å². The van der Waals surface area contributed by atoms with Crippen LogP contribution in [0.2, 0.25) is 0 Å². The Hall–Kier alpha value is -3.69. The molecule has 0 saturated carbocycles. The highest BCUT2D eigenvalue weighted by molar-refractivity contribution is 5.56. The molecule has 1 N–H and O–H groups in total. The SMILES string of the molecule is Cc1cc(C(F)(F)F)nc2nc(Nc3ccc(Oc4ccncc4)cc3)nn12. The summed E-state index contributed by atoms with van der Waals surface area (Å²) in [7, 11) is 0. The molecule has 3 heterocycles. The fraction of sp³-hybridized carbons (Fsp3) is 0.111. The van der Waals surface area contributed by atoms with Gasteiger partial charge in [0.1, 0.15) is 17.2 Å². The van der Waals surface area contributed by atoms with E-state index in [1.165, 1.54) is 11.4 Å². The lowest BCUT2D eigenvalue weighted by atomic mass is 10.3. The molecule has 0 aliphatic carbocycles. The van der Waals surface area contributed by atoms with Crippen LogP contribution in [0.15, 0.2) is 54.9 Å². The third kappa shape index (κ3) is 3.70. The average molecular weight is 386 g/mol. The van der Waals surface area contributed by atoms with Gasteiger partial charge < -0.3 is 10.1 Å². The van der Waals surface area contributed by atoms with Gasteiger partial charge in [0.05, 0.1) is 0 Å². The maximum atomic E-state index is 12.9. The number of halogens is 3. The Morgan fingerprint density at radius 1 is 0.964 bits per heavy atom. The molecule has 0 radical (unpaired) electrons. The van der Waals surface area contributed by atoms with Crippen molar-refractivity contribution in [2.45, 2.75) is 13.1 Å². The summed E-state index contributed by atoms with van der Waals surface area (Å²) in [6, 6.07) is 11.4. The number of fused-ring (bicyclic) bond motifs is 1. The molecule has 0 atom stereocenters. The number of ether oxygens (including phenoxy) is 1. The number of pyridine rings is 1. The topological polar surface area (TPSA) is 77.2 Å². The lowest BCUT2D eigenvalue weighted by molar-refractivity contribution is -0.141. The van der Waals surface area contributed by atoms with Crippen LogP contribution in [0.3, 0.4) is 0 Å². The van der Waals surface area contributed by atoms with Gasteiger partial charge in [0, 0.05) is 23.8 Å². The number of anilines is 2. The summed E-state index contributed by atoms with van der Waals surface area (Å²) < 4.78 is 45.6. The van der Waals surface area contributed by atoms with Crippen LogP contribution in [0.5, 0.6) is 11.5 Å². The summed E-state index contributed by atoms with van der Waals surface area (Å²) in [5, 5.41) is 7.09.